The van der Waals surface area contributed by atoms with Crippen LogP contribution in [0.1, 0.15) is 47.7 Å². The van der Waals surface area contributed by atoms with Gasteiger partial charge in [-0.3, -0.25) is 9.78 Å². The van der Waals surface area contributed by atoms with Crippen molar-refractivity contribution < 1.29 is 4.79 Å². The lowest BCUT2D eigenvalue weighted by molar-refractivity contribution is -0.123. The van der Waals surface area contributed by atoms with Gasteiger partial charge in [-0.2, -0.15) is 0 Å². The quantitative estimate of drug-likeness (QED) is 0.881. The molecule has 4 nitrogen and oxygen atoms in total. The van der Waals surface area contributed by atoms with Crippen molar-refractivity contribution in [3.8, 4) is 0 Å². The summed E-state index contributed by atoms with van der Waals surface area (Å²) in [6.07, 6.45) is 2.96. The van der Waals surface area contributed by atoms with E-state index in [1.807, 2.05) is 43.5 Å². The summed E-state index contributed by atoms with van der Waals surface area (Å²) in [5, 5.41) is 6.55. The van der Waals surface area contributed by atoms with Crippen LogP contribution in [0.3, 0.4) is 0 Å². The zero-order chi connectivity index (χ0) is 17.8. The molecule has 1 amide bonds. The maximum Gasteiger partial charge on any atom is 0.228 e. The number of fused-ring (bicyclic) bond motifs is 1. The first kappa shape index (κ1) is 17.6. The second-order valence-corrected chi connectivity index (χ2v) is 7.10. The first-order chi connectivity index (χ1) is 12.1. The van der Waals surface area contributed by atoms with E-state index in [4.69, 9.17) is 0 Å². The predicted octanol–water partition coefficient (Wildman–Crippen LogP) is 3.09. The van der Waals surface area contributed by atoms with Crippen LogP contribution in [-0.2, 0) is 24.3 Å². The molecule has 0 fully saturated rings. The lowest BCUT2D eigenvalue weighted by Crippen LogP contribution is -2.33. The third kappa shape index (κ3) is 3.90. The van der Waals surface area contributed by atoms with E-state index in [1.165, 1.54) is 16.7 Å². The summed E-state index contributed by atoms with van der Waals surface area (Å²) >= 11 is 0. The Morgan fingerprint density at radius 1 is 1.28 bits per heavy atom. The molecule has 3 rings (SSSR count). The van der Waals surface area contributed by atoms with Crippen LogP contribution < -0.4 is 10.6 Å². The molecule has 0 unspecified atom stereocenters. The van der Waals surface area contributed by atoms with Crippen molar-refractivity contribution in [3.05, 3.63) is 64.5 Å². The lowest BCUT2D eigenvalue weighted by Gasteiger charge is -2.24. The number of rotatable bonds is 5. The fourth-order valence-electron chi connectivity index (χ4n) is 3.66. The molecule has 2 N–H and O–H groups in total. The number of aryl methyl sites for hydroxylation is 1. The van der Waals surface area contributed by atoms with Gasteiger partial charge in [0.2, 0.25) is 5.91 Å². The molecule has 0 saturated heterocycles. The number of pyridine rings is 1. The summed E-state index contributed by atoms with van der Waals surface area (Å²) in [4.78, 5) is 17.4. The first-order valence-electron chi connectivity index (χ1n) is 9.07. The average Bonchev–Trinajstić information content (AvgIpc) is 2.61. The number of benzene rings is 1. The van der Waals surface area contributed by atoms with Crippen molar-refractivity contribution in [2.24, 2.45) is 5.92 Å². The number of carbonyl (C=O) groups is 1. The number of hydrogen-bond acceptors (Lipinski definition) is 3. The number of amides is 1. The number of aromatic nitrogens is 1. The van der Waals surface area contributed by atoms with Crippen LogP contribution >= 0.6 is 0 Å². The van der Waals surface area contributed by atoms with Crippen molar-refractivity contribution >= 4 is 5.91 Å². The van der Waals surface area contributed by atoms with Crippen LogP contribution in [0.4, 0.5) is 0 Å². The van der Waals surface area contributed by atoms with Gasteiger partial charge in [-0.15, -0.1) is 0 Å². The molecule has 0 aliphatic carbocycles. The Balaban J connectivity index is 1.78. The average molecular weight is 337 g/mol. The lowest BCUT2D eigenvalue weighted by atomic mass is 9.87. The van der Waals surface area contributed by atoms with E-state index >= 15 is 0 Å². The molecule has 0 spiro atoms. The number of carbonyl (C=O) groups excluding carboxylic acids is 1. The van der Waals surface area contributed by atoms with Gasteiger partial charge >= 0.3 is 0 Å². The highest BCUT2D eigenvalue weighted by Gasteiger charge is 2.24. The number of nitrogens with one attached hydrogen (secondary N) is 2. The summed E-state index contributed by atoms with van der Waals surface area (Å²) in [7, 11) is 0. The smallest absolute Gasteiger partial charge is 0.228 e. The Morgan fingerprint density at radius 3 is 2.76 bits per heavy atom. The zero-order valence-corrected chi connectivity index (χ0v) is 15.3. The molecule has 2 heterocycles. The van der Waals surface area contributed by atoms with E-state index < -0.39 is 0 Å². The Labute approximate surface area is 150 Å². The Hall–Kier alpha value is -2.20. The minimum Gasteiger partial charge on any atom is -0.351 e. The maximum atomic E-state index is 12.9. The van der Waals surface area contributed by atoms with E-state index in [0.29, 0.717) is 6.54 Å². The fraction of sp³-hybridized carbons (Fsp3) is 0.429. The summed E-state index contributed by atoms with van der Waals surface area (Å²) in [6, 6.07) is 10.0. The Morgan fingerprint density at radius 2 is 2.04 bits per heavy atom. The van der Waals surface area contributed by atoms with Crippen LogP contribution in [-0.4, -0.2) is 17.4 Å². The second kappa shape index (κ2) is 7.79. The molecule has 4 heteroatoms. The van der Waals surface area contributed by atoms with Gasteiger partial charge in [-0.05, 0) is 48.1 Å². The summed E-state index contributed by atoms with van der Waals surface area (Å²) in [6.45, 7) is 8.62. The molecular weight excluding hydrogens is 310 g/mol. The number of nitrogens with zero attached hydrogens (tertiary/aromatic N) is 1. The molecular formula is C21H27N3O. The molecule has 0 bridgehead atoms. The summed E-state index contributed by atoms with van der Waals surface area (Å²) < 4.78 is 0. The highest BCUT2D eigenvalue weighted by molar-refractivity contribution is 5.84. The first-order valence-corrected chi connectivity index (χ1v) is 9.07. The van der Waals surface area contributed by atoms with E-state index in [1.54, 1.807) is 0 Å². The van der Waals surface area contributed by atoms with E-state index in [-0.39, 0.29) is 17.7 Å². The van der Waals surface area contributed by atoms with Gasteiger partial charge in [0.05, 0.1) is 5.92 Å². The molecule has 0 radical (unpaired) electrons. The predicted molar refractivity (Wildman–Crippen MR) is 100 cm³/mol. The zero-order valence-electron chi connectivity index (χ0n) is 15.3. The van der Waals surface area contributed by atoms with E-state index in [0.717, 1.165) is 30.8 Å². The van der Waals surface area contributed by atoms with Crippen LogP contribution in [0.5, 0.6) is 0 Å². The Bertz CT molecular complexity index is 740. The maximum absolute atomic E-state index is 12.9. The molecule has 25 heavy (non-hydrogen) atoms. The minimum atomic E-state index is -0.129. The molecule has 1 atom stereocenters. The largest absolute Gasteiger partial charge is 0.351 e. The van der Waals surface area contributed by atoms with E-state index in [2.05, 4.69) is 29.5 Å². The van der Waals surface area contributed by atoms with Crippen LogP contribution in [0, 0.1) is 12.8 Å². The highest BCUT2D eigenvalue weighted by atomic mass is 16.1. The molecule has 1 aliphatic rings. The highest BCUT2D eigenvalue weighted by Crippen LogP contribution is 2.25. The monoisotopic (exact) mass is 337 g/mol. The van der Waals surface area contributed by atoms with Crippen LogP contribution in [0.2, 0.25) is 0 Å². The van der Waals surface area contributed by atoms with Gasteiger partial charge in [-0.1, -0.05) is 44.2 Å². The van der Waals surface area contributed by atoms with Crippen molar-refractivity contribution in [3.63, 3.8) is 0 Å². The Kier molecular flexibility index (Phi) is 5.49. The molecule has 0 saturated carbocycles. The molecule has 1 aliphatic heterocycles. The van der Waals surface area contributed by atoms with Crippen molar-refractivity contribution in [2.75, 3.05) is 6.54 Å². The summed E-state index contributed by atoms with van der Waals surface area (Å²) in [5.41, 5.74) is 5.88. The van der Waals surface area contributed by atoms with Gasteiger partial charge < -0.3 is 10.6 Å². The fourth-order valence-corrected chi connectivity index (χ4v) is 3.66. The van der Waals surface area contributed by atoms with Crippen LogP contribution in [0.25, 0.3) is 0 Å². The third-order valence-corrected chi connectivity index (χ3v) is 5.02. The van der Waals surface area contributed by atoms with Gasteiger partial charge in [0, 0.05) is 25.0 Å². The normalized spacial score (nSPS) is 14.9. The van der Waals surface area contributed by atoms with Gasteiger partial charge in [0.25, 0.3) is 0 Å². The van der Waals surface area contributed by atoms with Gasteiger partial charge in [-0.25, -0.2) is 0 Å². The second-order valence-electron chi connectivity index (χ2n) is 7.10. The molecule has 1 aromatic carbocycles. The number of hydrogen-bond donors (Lipinski definition) is 2. The molecule has 2 aromatic rings. The molecule has 132 valence electrons. The summed E-state index contributed by atoms with van der Waals surface area (Å²) in [5.74, 6) is 0.207. The standard InChI is InChI=1S/C21H27N3O/c1-14(2)20(16-7-5-4-6-8-16)21(25)24-13-19-15(3)23-12-17-11-22-10-9-18(17)19/h4-8,12,14,20,22H,9-11,13H2,1-3H3,(H,24,25)/t20-/m1/s1. The van der Waals surface area contributed by atoms with E-state index in [9.17, 15) is 4.79 Å². The minimum absolute atomic E-state index is 0.0899. The van der Waals surface area contributed by atoms with Crippen molar-refractivity contribution in [2.45, 2.75) is 46.2 Å². The van der Waals surface area contributed by atoms with Gasteiger partial charge in [0.15, 0.2) is 0 Å². The third-order valence-electron chi connectivity index (χ3n) is 5.02. The van der Waals surface area contributed by atoms with Crippen LogP contribution in [0.15, 0.2) is 36.5 Å². The molecule has 1 aromatic heterocycles. The van der Waals surface area contributed by atoms with Crippen molar-refractivity contribution in [1.29, 1.82) is 0 Å². The topological polar surface area (TPSA) is 54.0 Å². The van der Waals surface area contributed by atoms with Gasteiger partial charge in [0.1, 0.15) is 0 Å². The van der Waals surface area contributed by atoms with Crippen molar-refractivity contribution in [1.82, 2.24) is 15.6 Å². The SMILES string of the molecule is Cc1ncc2c(c1CNC(=O)[C@@H](c1ccccc1)C(C)C)CCNC2.